The molecule has 3 rings (SSSR count). The van der Waals surface area contributed by atoms with Crippen molar-refractivity contribution in [3.63, 3.8) is 0 Å². The smallest absolute Gasteiger partial charge is 0.221 e. The third-order valence-corrected chi connectivity index (χ3v) is 5.55. The molecule has 0 radical (unpaired) electrons. The largest absolute Gasteiger partial charge is 0.356 e. The van der Waals surface area contributed by atoms with Gasteiger partial charge in [0.05, 0.1) is 0 Å². The van der Waals surface area contributed by atoms with E-state index in [1.807, 2.05) is 18.2 Å². The van der Waals surface area contributed by atoms with Crippen LogP contribution < -0.4 is 10.2 Å². The number of carbonyl (C=O) groups is 1. The molecule has 0 saturated carbocycles. The van der Waals surface area contributed by atoms with E-state index in [4.69, 9.17) is 0 Å². The summed E-state index contributed by atoms with van der Waals surface area (Å²) in [7, 11) is 0. The number of benzene rings is 2. The lowest BCUT2D eigenvalue weighted by atomic mass is 10.1. The average Bonchev–Trinajstić information content (AvgIpc) is 3.18. The van der Waals surface area contributed by atoms with E-state index >= 15 is 0 Å². The lowest BCUT2D eigenvalue weighted by molar-refractivity contribution is -0.120. The van der Waals surface area contributed by atoms with Gasteiger partial charge in [-0.25, -0.2) is 9.37 Å². The topological polar surface area (TPSA) is 58.1 Å². The fourth-order valence-electron chi connectivity index (χ4n) is 3.09. The van der Waals surface area contributed by atoms with Crippen LogP contribution in [-0.2, 0) is 17.6 Å². The zero-order valence-electron chi connectivity index (χ0n) is 17.3. The third-order valence-electron chi connectivity index (χ3n) is 4.76. The van der Waals surface area contributed by atoms with Crippen molar-refractivity contribution in [3.8, 4) is 0 Å². The summed E-state index contributed by atoms with van der Waals surface area (Å²) in [6.45, 7) is 5.37. The summed E-state index contributed by atoms with van der Waals surface area (Å²) >= 11 is 1.33. The van der Waals surface area contributed by atoms with Gasteiger partial charge in [-0.15, -0.1) is 0 Å². The second-order valence-electron chi connectivity index (χ2n) is 7.42. The molecule has 0 aliphatic rings. The number of nitrogens with one attached hydrogen (secondary N) is 1. The standard InChI is InChI=1S/C23H27FN4OS/c1-17(2)28(15-13-22(29)25-14-12-18-6-4-3-5-7-18)23-26-21(27-30-23)16-19-8-10-20(24)11-9-19/h3-11,17H,12-16H2,1-2H3,(H,25,29). The van der Waals surface area contributed by atoms with Crippen LogP contribution in [0.2, 0.25) is 0 Å². The number of aromatic nitrogens is 2. The molecule has 0 atom stereocenters. The Morgan fingerprint density at radius 3 is 2.53 bits per heavy atom. The maximum atomic E-state index is 13.1. The Morgan fingerprint density at radius 1 is 1.10 bits per heavy atom. The highest BCUT2D eigenvalue weighted by molar-refractivity contribution is 7.09. The molecule has 3 aromatic rings. The fraction of sp³-hybridized carbons (Fsp3) is 0.348. The molecule has 1 N–H and O–H groups in total. The monoisotopic (exact) mass is 426 g/mol. The first-order valence-electron chi connectivity index (χ1n) is 10.2. The van der Waals surface area contributed by atoms with E-state index in [0.717, 1.165) is 17.1 Å². The Hall–Kier alpha value is -2.80. The minimum atomic E-state index is -0.251. The number of hydrogen-bond acceptors (Lipinski definition) is 5. The van der Waals surface area contributed by atoms with Crippen LogP contribution >= 0.6 is 11.5 Å². The molecule has 0 aliphatic heterocycles. The summed E-state index contributed by atoms with van der Waals surface area (Å²) in [4.78, 5) is 19.0. The summed E-state index contributed by atoms with van der Waals surface area (Å²) in [5, 5.41) is 3.80. The van der Waals surface area contributed by atoms with Crippen LogP contribution in [0, 0.1) is 5.82 Å². The first kappa shape index (κ1) is 21.9. The van der Waals surface area contributed by atoms with Gasteiger partial charge in [-0.2, -0.15) is 4.37 Å². The molecule has 5 nitrogen and oxygen atoms in total. The van der Waals surface area contributed by atoms with Gasteiger partial charge in [0.25, 0.3) is 0 Å². The predicted molar refractivity (Wildman–Crippen MR) is 119 cm³/mol. The van der Waals surface area contributed by atoms with Crippen molar-refractivity contribution in [1.82, 2.24) is 14.7 Å². The molecule has 7 heteroatoms. The summed E-state index contributed by atoms with van der Waals surface area (Å²) in [6.07, 6.45) is 1.78. The highest BCUT2D eigenvalue weighted by Crippen LogP contribution is 2.21. The van der Waals surface area contributed by atoms with E-state index < -0.39 is 0 Å². The van der Waals surface area contributed by atoms with E-state index in [2.05, 4.69) is 45.6 Å². The van der Waals surface area contributed by atoms with Crippen LogP contribution in [0.4, 0.5) is 9.52 Å². The van der Waals surface area contributed by atoms with E-state index in [0.29, 0.717) is 31.8 Å². The van der Waals surface area contributed by atoms with Gasteiger partial charge in [0, 0.05) is 43.5 Å². The number of halogens is 1. The lowest BCUT2D eigenvalue weighted by Crippen LogP contribution is -2.35. The predicted octanol–water partition coefficient (Wildman–Crippen LogP) is 4.23. The molecule has 0 spiro atoms. The van der Waals surface area contributed by atoms with E-state index in [9.17, 15) is 9.18 Å². The van der Waals surface area contributed by atoms with Crippen molar-refractivity contribution in [3.05, 3.63) is 77.4 Å². The highest BCUT2D eigenvalue weighted by atomic mass is 32.1. The van der Waals surface area contributed by atoms with Crippen LogP contribution in [-0.4, -0.2) is 34.4 Å². The molecule has 0 unspecified atom stereocenters. The van der Waals surface area contributed by atoms with Gasteiger partial charge in [0.2, 0.25) is 11.0 Å². The normalized spacial score (nSPS) is 10.9. The molecular formula is C23H27FN4OS. The third kappa shape index (κ3) is 6.62. The summed E-state index contributed by atoms with van der Waals surface area (Å²) in [5.74, 6) is 0.492. The van der Waals surface area contributed by atoms with Crippen LogP contribution in [0.5, 0.6) is 0 Å². The molecule has 0 aliphatic carbocycles. The van der Waals surface area contributed by atoms with Crippen LogP contribution in [0.25, 0.3) is 0 Å². The Bertz CT molecular complexity index is 928. The maximum absolute atomic E-state index is 13.1. The van der Waals surface area contributed by atoms with Crippen molar-refractivity contribution < 1.29 is 9.18 Å². The Morgan fingerprint density at radius 2 is 1.83 bits per heavy atom. The Labute approximate surface area is 181 Å². The van der Waals surface area contributed by atoms with E-state index in [-0.39, 0.29) is 17.8 Å². The molecule has 0 fully saturated rings. The first-order chi connectivity index (χ1) is 14.5. The number of hydrogen-bond donors (Lipinski definition) is 1. The quantitative estimate of drug-likeness (QED) is 0.527. The van der Waals surface area contributed by atoms with Crippen molar-refractivity contribution in [2.75, 3.05) is 18.0 Å². The molecule has 30 heavy (non-hydrogen) atoms. The number of anilines is 1. The maximum Gasteiger partial charge on any atom is 0.221 e. The number of amides is 1. The zero-order valence-corrected chi connectivity index (χ0v) is 18.2. The zero-order chi connectivity index (χ0) is 21.3. The number of nitrogens with zero attached hydrogens (tertiary/aromatic N) is 3. The van der Waals surface area contributed by atoms with E-state index in [1.165, 1.54) is 29.2 Å². The Kier molecular flexibility index (Phi) is 7.90. The van der Waals surface area contributed by atoms with Gasteiger partial charge in [-0.3, -0.25) is 4.79 Å². The highest BCUT2D eigenvalue weighted by Gasteiger charge is 2.17. The molecule has 2 aromatic carbocycles. The van der Waals surface area contributed by atoms with Gasteiger partial charge in [-0.1, -0.05) is 42.5 Å². The van der Waals surface area contributed by atoms with Gasteiger partial charge in [-0.05, 0) is 43.5 Å². The van der Waals surface area contributed by atoms with Crippen LogP contribution in [0.1, 0.15) is 37.2 Å². The van der Waals surface area contributed by atoms with Crippen molar-refractivity contribution in [2.24, 2.45) is 0 Å². The van der Waals surface area contributed by atoms with Crippen molar-refractivity contribution >= 4 is 22.6 Å². The fourth-order valence-corrected chi connectivity index (χ4v) is 3.94. The molecule has 158 valence electrons. The van der Waals surface area contributed by atoms with Crippen LogP contribution in [0.15, 0.2) is 54.6 Å². The second-order valence-corrected chi connectivity index (χ2v) is 8.15. The lowest BCUT2D eigenvalue weighted by Gasteiger charge is -2.25. The van der Waals surface area contributed by atoms with Crippen molar-refractivity contribution in [2.45, 2.75) is 39.2 Å². The molecule has 1 heterocycles. The Balaban J connectivity index is 1.50. The molecule has 1 amide bonds. The summed E-state index contributed by atoms with van der Waals surface area (Å²) in [5.41, 5.74) is 2.18. The van der Waals surface area contributed by atoms with Gasteiger partial charge in [0.15, 0.2) is 0 Å². The molecular weight excluding hydrogens is 399 g/mol. The number of carbonyl (C=O) groups excluding carboxylic acids is 1. The van der Waals surface area contributed by atoms with E-state index in [1.54, 1.807) is 12.1 Å². The molecule has 0 bridgehead atoms. The van der Waals surface area contributed by atoms with Gasteiger partial charge in [0.1, 0.15) is 11.6 Å². The minimum Gasteiger partial charge on any atom is -0.356 e. The SMILES string of the molecule is CC(C)N(CCC(=O)NCCc1ccccc1)c1nc(Cc2ccc(F)cc2)ns1. The molecule has 0 saturated heterocycles. The average molecular weight is 427 g/mol. The van der Waals surface area contributed by atoms with Gasteiger partial charge >= 0.3 is 0 Å². The summed E-state index contributed by atoms with van der Waals surface area (Å²) < 4.78 is 17.5. The summed E-state index contributed by atoms with van der Waals surface area (Å²) in [6, 6.07) is 16.7. The first-order valence-corrected chi connectivity index (χ1v) is 10.9. The van der Waals surface area contributed by atoms with Crippen molar-refractivity contribution in [1.29, 1.82) is 0 Å². The van der Waals surface area contributed by atoms with Crippen LogP contribution in [0.3, 0.4) is 0 Å². The minimum absolute atomic E-state index is 0.0348. The van der Waals surface area contributed by atoms with Gasteiger partial charge < -0.3 is 10.2 Å². The number of rotatable bonds is 10. The molecule has 1 aromatic heterocycles. The second kappa shape index (κ2) is 10.8.